The van der Waals surface area contributed by atoms with E-state index in [4.69, 9.17) is 4.74 Å². The monoisotopic (exact) mass is 304 g/mol. The second kappa shape index (κ2) is 6.75. The molecule has 110 valence electrons. The number of nitrogens with one attached hydrogen (secondary N) is 1. The van der Waals surface area contributed by atoms with Gasteiger partial charge in [0, 0.05) is 30.7 Å². The van der Waals surface area contributed by atoms with Gasteiger partial charge in [-0.3, -0.25) is 9.69 Å². The predicted molar refractivity (Wildman–Crippen MR) is 80.4 cm³/mol. The lowest BCUT2D eigenvalue weighted by Gasteiger charge is -2.26. The number of nitrogens with zero attached hydrogens (tertiary/aromatic N) is 3. The number of anilines is 1. The van der Waals surface area contributed by atoms with Gasteiger partial charge in [0.2, 0.25) is 0 Å². The van der Waals surface area contributed by atoms with Crippen LogP contribution in [0, 0.1) is 0 Å². The summed E-state index contributed by atoms with van der Waals surface area (Å²) in [5.74, 6) is -0.232. The first kappa shape index (κ1) is 14.1. The largest absolute Gasteiger partial charge is 0.379 e. The Morgan fingerprint density at radius 1 is 1.29 bits per heavy atom. The van der Waals surface area contributed by atoms with Crippen molar-refractivity contribution in [3.8, 4) is 0 Å². The van der Waals surface area contributed by atoms with Crippen LogP contribution in [0.25, 0.3) is 0 Å². The number of carbonyl (C=O) groups is 1. The molecule has 1 aliphatic rings. The van der Waals surface area contributed by atoms with E-state index in [1.54, 1.807) is 5.38 Å². The molecule has 2 aromatic rings. The van der Waals surface area contributed by atoms with Gasteiger partial charge in [-0.1, -0.05) is 16.6 Å². The molecule has 0 saturated carbocycles. The molecule has 3 rings (SSSR count). The molecule has 2 heterocycles. The van der Waals surface area contributed by atoms with Gasteiger partial charge in [0.25, 0.3) is 5.91 Å². The van der Waals surface area contributed by atoms with Crippen LogP contribution in [0.5, 0.6) is 0 Å². The number of amides is 1. The second-order valence-corrected chi connectivity index (χ2v) is 5.44. The summed E-state index contributed by atoms with van der Waals surface area (Å²) >= 11 is 1.16. The van der Waals surface area contributed by atoms with E-state index in [-0.39, 0.29) is 5.91 Å². The fourth-order valence-electron chi connectivity index (χ4n) is 2.17. The number of morpholine rings is 1. The topological polar surface area (TPSA) is 67.4 Å². The van der Waals surface area contributed by atoms with Crippen LogP contribution in [-0.2, 0) is 11.3 Å². The van der Waals surface area contributed by atoms with E-state index >= 15 is 0 Å². The number of aromatic nitrogens is 2. The van der Waals surface area contributed by atoms with Crippen molar-refractivity contribution >= 4 is 23.1 Å². The third-order valence-electron chi connectivity index (χ3n) is 3.31. The zero-order valence-electron chi connectivity index (χ0n) is 11.5. The first-order valence-corrected chi connectivity index (χ1v) is 7.62. The molecule has 1 aromatic carbocycles. The van der Waals surface area contributed by atoms with Crippen LogP contribution in [0.4, 0.5) is 5.69 Å². The lowest BCUT2D eigenvalue weighted by atomic mass is 10.2. The van der Waals surface area contributed by atoms with Gasteiger partial charge in [-0.25, -0.2) is 0 Å². The molecule has 6 nitrogen and oxygen atoms in total. The molecule has 0 aliphatic carbocycles. The number of ether oxygens (including phenoxy) is 1. The predicted octanol–water partition coefficient (Wildman–Crippen LogP) is 1.62. The van der Waals surface area contributed by atoms with Crippen LogP contribution in [0.15, 0.2) is 29.6 Å². The average Bonchev–Trinajstić information content (AvgIpc) is 3.05. The standard InChI is InChI=1S/C14H16N4O2S/c19-14(13-10-21-17-16-13)15-12-3-1-11(2-4-12)9-18-5-7-20-8-6-18/h1-4,10H,5-9H2,(H,15,19). The van der Waals surface area contributed by atoms with E-state index in [9.17, 15) is 4.79 Å². The Labute approximate surface area is 126 Å². The zero-order valence-corrected chi connectivity index (χ0v) is 12.3. The normalized spacial score (nSPS) is 15.8. The minimum Gasteiger partial charge on any atom is -0.379 e. The quantitative estimate of drug-likeness (QED) is 0.930. The Morgan fingerprint density at radius 2 is 2.05 bits per heavy atom. The lowest BCUT2D eigenvalue weighted by molar-refractivity contribution is 0.0342. The van der Waals surface area contributed by atoms with Crippen molar-refractivity contribution in [1.82, 2.24) is 14.5 Å². The summed E-state index contributed by atoms with van der Waals surface area (Å²) in [6, 6.07) is 7.88. The van der Waals surface area contributed by atoms with Crippen LogP contribution in [0.3, 0.4) is 0 Å². The van der Waals surface area contributed by atoms with E-state index in [0.29, 0.717) is 5.69 Å². The average molecular weight is 304 g/mol. The molecule has 0 unspecified atom stereocenters. The summed E-state index contributed by atoms with van der Waals surface area (Å²) in [5.41, 5.74) is 2.33. The van der Waals surface area contributed by atoms with Gasteiger partial charge < -0.3 is 10.1 Å². The van der Waals surface area contributed by atoms with Crippen molar-refractivity contribution in [1.29, 1.82) is 0 Å². The second-order valence-electron chi connectivity index (χ2n) is 4.83. The number of benzene rings is 1. The smallest absolute Gasteiger partial charge is 0.277 e. The number of hydrogen-bond donors (Lipinski definition) is 1. The minimum atomic E-state index is -0.232. The molecule has 1 amide bonds. The molecular formula is C14H16N4O2S. The molecule has 1 aromatic heterocycles. The SMILES string of the molecule is O=C(Nc1ccc(CN2CCOCC2)cc1)c1csnn1. The molecule has 7 heteroatoms. The zero-order chi connectivity index (χ0) is 14.5. The Balaban J connectivity index is 1.57. The molecule has 0 radical (unpaired) electrons. The van der Waals surface area contributed by atoms with Crippen LogP contribution < -0.4 is 5.32 Å². The molecule has 21 heavy (non-hydrogen) atoms. The first-order chi connectivity index (χ1) is 10.3. The molecule has 1 aliphatic heterocycles. The Bertz CT molecular complexity index is 580. The fraction of sp³-hybridized carbons (Fsp3) is 0.357. The Hall–Kier alpha value is -1.83. The number of carbonyl (C=O) groups excluding carboxylic acids is 1. The van der Waals surface area contributed by atoms with E-state index in [2.05, 4.69) is 19.8 Å². The highest BCUT2D eigenvalue weighted by atomic mass is 32.1. The molecule has 0 atom stereocenters. The summed E-state index contributed by atoms with van der Waals surface area (Å²) in [5, 5.41) is 8.18. The van der Waals surface area contributed by atoms with Gasteiger partial charge in [-0.2, -0.15) is 0 Å². The van der Waals surface area contributed by atoms with Gasteiger partial charge in [0.15, 0.2) is 5.69 Å². The van der Waals surface area contributed by atoms with Crippen molar-refractivity contribution in [2.24, 2.45) is 0 Å². The highest BCUT2D eigenvalue weighted by Crippen LogP contribution is 2.13. The van der Waals surface area contributed by atoms with Gasteiger partial charge in [-0.05, 0) is 29.2 Å². The Kier molecular flexibility index (Phi) is 4.54. The first-order valence-electron chi connectivity index (χ1n) is 6.79. The van der Waals surface area contributed by atoms with Crippen molar-refractivity contribution in [3.05, 3.63) is 40.9 Å². The van der Waals surface area contributed by atoms with Crippen molar-refractivity contribution in [3.63, 3.8) is 0 Å². The molecule has 0 bridgehead atoms. The summed E-state index contributed by atoms with van der Waals surface area (Å²) in [7, 11) is 0. The van der Waals surface area contributed by atoms with E-state index in [1.807, 2.05) is 24.3 Å². The van der Waals surface area contributed by atoms with Crippen LogP contribution >= 0.6 is 11.5 Å². The van der Waals surface area contributed by atoms with Crippen molar-refractivity contribution in [2.75, 3.05) is 31.6 Å². The van der Waals surface area contributed by atoms with Gasteiger partial charge in [0.1, 0.15) is 0 Å². The van der Waals surface area contributed by atoms with Crippen LogP contribution in [-0.4, -0.2) is 46.7 Å². The number of hydrogen-bond acceptors (Lipinski definition) is 6. The van der Waals surface area contributed by atoms with E-state index in [1.165, 1.54) is 5.56 Å². The Morgan fingerprint density at radius 3 is 2.71 bits per heavy atom. The number of rotatable bonds is 4. The van der Waals surface area contributed by atoms with Gasteiger partial charge >= 0.3 is 0 Å². The van der Waals surface area contributed by atoms with Crippen LogP contribution in [0.1, 0.15) is 16.1 Å². The third kappa shape index (κ3) is 3.84. The molecular weight excluding hydrogens is 288 g/mol. The van der Waals surface area contributed by atoms with Crippen LogP contribution in [0.2, 0.25) is 0 Å². The summed E-state index contributed by atoms with van der Waals surface area (Å²) in [4.78, 5) is 14.2. The van der Waals surface area contributed by atoms with Gasteiger partial charge in [-0.15, -0.1) is 5.10 Å². The lowest BCUT2D eigenvalue weighted by Crippen LogP contribution is -2.35. The van der Waals surface area contributed by atoms with Crippen molar-refractivity contribution in [2.45, 2.75) is 6.54 Å². The molecule has 1 N–H and O–H groups in total. The molecule has 0 spiro atoms. The fourth-order valence-corrected chi connectivity index (χ4v) is 2.61. The maximum absolute atomic E-state index is 11.8. The summed E-state index contributed by atoms with van der Waals surface area (Å²) < 4.78 is 9.02. The maximum Gasteiger partial charge on any atom is 0.277 e. The highest BCUT2D eigenvalue weighted by molar-refractivity contribution is 7.03. The van der Waals surface area contributed by atoms with Gasteiger partial charge in [0.05, 0.1) is 13.2 Å². The molecule has 1 saturated heterocycles. The van der Waals surface area contributed by atoms with E-state index < -0.39 is 0 Å². The highest BCUT2D eigenvalue weighted by Gasteiger charge is 2.11. The molecule has 1 fully saturated rings. The summed E-state index contributed by atoms with van der Waals surface area (Å²) in [6.07, 6.45) is 0. The van der Waals surface area contributed by atoms with E-state index in [0.717, 1.165) is 50.1 Å². The summed E-state index contributed by atoms with van der Waals surface area (Å²) in [6.45, 7) is 4.45. The third-order valence-corrected chi connectivity index (χ3v) is 3.82. The van der Waals surface area contributed by atoms with Crippen molar-refractivity contribution < 1.29 is 9.53 Å². The maximum atomic E-state index is 11.8. The minimum absolute atomic E-state index is 0.232.